The highest BCUT2D eigenvalue weighted by Gasteiger charge is 2.31. The number of anilines is 1. The van der Waals surface area contributed by atoms with Crippen LogP contribution in [0, 0.1) is 0 Å². The lowest BCUT2D eigenvalue weighted by Crippen LogP contribution is -2.35. The second-order valence-electron chi connectivity index (χ2n) is 6.16. The van der Waals surface area contributed by atoms with Crippen molar-refractivity contribution in [1.29, 1.82) is 0 Å². The van der Waals surface area contributed by atoms with E-state index in [1.807, 2.05) is 0 Å². The third-order valence-electron chi connectivity index (χ3n) is 4.42. The Labute approximate surface area is 155 Å². The number of carbonyl (C=O) groups excluding carboxylic acids is 1. The van der Waals surface area contributed by atoms with E-state index in [4.69, 9.17) is 4.74 Å². The van der Waals surface area contributed by atoms with Crippen LogP contribution in [-0.4, -0.2) is 47.9 Å². The van der Waals surface area contributed by atoms with Gasteiger partial charge in [0.2, 0.25) is 10.0 Å². The molecule has 0 radical (unpaired) electrons. The molecule has 138 valence electrons. The first-order valence-corrected chi connectivity index (χ1v) is 10.6. The molecular weight excluding hydrogens is 376 g/mol. The predicted molar refractivity (Wildman–Crippen MR) is 95.3 cm³/mol. The van der Waals surface area contributed by atoms with E-state index >= 15 is 0 Å². The molecule has 1 amide bonds. The summed E-state index contributed by atoms with van der Waals surface area (Å²) in [7, 11) is -3.59. The molecule has 2 aromatic heterocycles. The van der Waals surface area contributed by atoms with Crippen LogP contribution in [0.2, 0.25) is 0 Å². The van der Waals surface area contributed by atoms with E-state index in [1.165, 1.54) is 27.9 Å². The number of rotatable bonds is 4. The maximum Gasteiger partial charge on any atom is 0.255 e. The third kappa shape index (κ3) is 3.37. The van der Waals surface area contributed by atoms with Crippen LogP contribution >= 0.6 is 11.3 Å². The van der Waals surface area contributed by atoms with Crippen molar-refractivity contribution in [3.63, 3.8) is 0 Å². The van der Waals surface area contributed by atoms with Crippen molar-refractivity contribution < 1.29 is 17.9 Å². The zero-order valence-corrected chi connectivity index (χ0v) is 15.6. The van der Waals surface area contributed by atoms with Gasteiger partial charge in [-0.25, -0.2) is 13.4 Å². The smallest absolute Gasteiger partial charge is 0.255 e. The summed E-state index contributed by atoms with van der Waals surface area (Å²) in [6.45, 7) is 1.21. The second kappa shape index (κ2) is 7.03. The van der Waals surface area contributed by atoms with E-state index in [-0.39, 0.29) is 17.3 Å². The normalized spacial score (nSPS) is 20.7. The van der Waals surface area contributed by atoms with Gasteiger partial charge in [0.15, 0.2) is 5.13 Å². The summed E-state index contributed by atoms with van der Waals surface area (Å²) in [5, 5.41) is 3.29. The summed E-state index contributed by atoms with van der Waals surface area (Å²) in [4.78, 5) is 21.5. The third-order valence-corrected chi connectivity index (χ3v) is 7.25. The van der Waals surface area contributed by atoms with Crippen LogP contribution in [0.3, 0.4) is 0 Å². The highest BCUT2D eigenvalue weighted by molar-refractivity contribution is 7.89. The molecule has 1 unspecified atom stereocenters. The van der Waals surface area contributed by atoms with Gasteiger partial charge < -0.3 is 4.74 Å². The highest BCUT2D eigenvalue weighted by atomic mass is 32.2. The molecule has 10 heteroatoms. The molecule has 0 bridgehead atoms. The lowest BCUT2D eigenvalue weighted by atomic mass is 10.2. The average molecular weight is 394 g/mol. The predicted octanol–water partition coefficient (Wildman–Crippen LogP) is 1.40. The quantitative estimate of drug-likeness (QED) is 0.841. The summed E-state index contributed by atoms with van der Waals surface area (Å²) in [6, 6.07) is 3.14. The van der Waals surface area contributed by atoms with Crippen LogP contribution < -0.4 is 5.32 Å². The fourth-order valence-corrected chi connectivity index (χ4v) is 5.53. The Kier molecular flexibility index (Phi) is 4.74. The van der Waals surface area contributed by atoms with Crippen molar-refractivity contribution in [3.05, 3.63) is 35.1 Å². The van der Waals surface area contributed by atoms with Crippen molar-refractivity contribution in [2.75, 3.05) is 18.5 Å². The minimum atomic E-state index is -3.59. The average Bonchev–Trinajstić information content (AvgIpc) is 3.31. The lowest BCUT2D eigenvalue weighted by Gasteiger charge is -2.25. The first kappa shape index (κ1) is 17.5. The lowest BCUT2D eigenvalue weighted by molar-refractivity contribution is -0.124. The molecule has 26 heavy (non-hydrogen) atoms. The molecule has 1 fully saturated rings. The van der Waals surface area contributed by atoms with Crippen LogP contribution in [0.1, 0.15) is 23.4 Å². The Bertz CT molecular complexity index is 908. The molecule has 1 N–H and O–H groups in total. The molecule has 8 nitrogen and oxygen atoms in total. The number of sulfonamides is 1. The zero-order valence-electron chi connectivity index (χ0n) is 13.9. The number of fused-ring (bicyclic) bond motifs is 1. The summed E-state index contributed by atoms with van der Waals surface area (Å²) in [5.74, 6) is -0.187. The second-order valence-corrected chi connectivity index (χ2v) is 9.18. The Morgan fingerprint density at radius 1 is 1.42 bits per heavy atom. The number of nitrogens with zero attached hydrogens (tertiary/aromatic N) is 3. The van der Waals surface area contributed by atoms with Crippen molar-refractivity contribution in [2.24, 2.45) is 0 Å². The molecule has 0 saturated carbocycles. The molecule has 2 aliphatic heterocycles. The van der Waals surface area contributed by atoms with Crippen LogP contribution in [0.25, 0.3) is 0 Å². The van der Waals surface area contributed by atoms with Gasteiger partial charge in [-0.2, -0.15) is 4.31 Å². The standard InChI is InChI=1S/C16H18N4O4S2/c21-15(13-4-2-8-24-13)19-16-18-12-5-7-20(10-14(12)25-16)26(22,23)11-3-1-6-17-9-11/h1,3,6,9,13H,2,4-5,7-8,10H2,(H,18,19,21). The summed E-state index contributed by atoms with van der Waals surface area (Å²) in [5.41, 5.74) is 0.843. The van der Waals surface area contributed by atoms with Gasteiger partial charge in [0, 0.05) is 36.8 Å². The van der Waals surface area contributed by atoms with Crippen LogP contribution in [0.4, 0.5) is 5.13 Å². The van der Waals surface area contributed by atoms with Crippen molar-refractivity contribution in [1.82, 2.24) is 14.3 Å². The first-order valence-electron chi connectivity index (χ1n) is 8.35. The Morgan fingerprint density at radius 3 is 3.04 bits per heavy atom. The van der Waals surface area contributed by atoms with Crippen LogP contribution in [-0.2, 0) is 32.5 Å². The van der Waals surface area contributed by atoms with Gasteiger partial charge in [0.1, 0.15) is 11.0 Å². The van der Waals surface area contributed by atoms with E-state index in [2.05, 4.69) is 15.3 Å². The molecule has 2 aliphatic rings. The summed E-state index contributed by atoms with van der Waals surface area (Å²) in [6.07, 6.45) is 4.59. The van der Waals surface area contributed by atoms with Crippen molar-refractivity contribution in [3.8, 4) is 0 Å². The topological polar surface area (TPSA) is 101 Å². The van der Waals surface area contributed by atoms with E-state index in [0.29, 0.717) is 31.1 Å². The van der Waals surface area contributed by atoms with Gasteiger partial charge in [0.05, 0.1) is 12.2 Å². The molecule has 1 saturated heterocycles. The molecule has 2 aromatic rings. The van der Waals surface area contributed by atoms with Gasteiger partial charge in [0.25, 0.3) is 5.91 Å². The molecule has 4 rings (SSSR count). The zero-order chi connectivity index (χ0) is 18.1. The van der Waals surface area contributed by atoms with Crippen molar-refractivity contribution in [2.45, 2.75) is 36.8 Å². The first-order chi connectivity index (χ1) is 12.5. The van der Waals surface area contributed by atoms with Gasteiger partial charge in [-0.15, -0.1) is 11.3 Å². The van der Waals surface area contributed by atoms with Gasteiger partial charge >= 0.3 is 0 Å². The number of amides is 1. The summed E-state index contributed by atoms with van der Waals surface area (Å²) < 4.78 is 32.3. The summed E-state index contributed by atoms with van der Waals surface area (Å²) >= 11 is 1.32. The van der Waals surface area contributed by atoms with E-state index in [9.17, 15) is 13.2 Å². The highest BCUT2D eigenvalue weighted by Crippen LogP contribution is 2.31. The largest absolute Gasteiger partial charge is 0.368 e. The van der Waals surface area contributed by atoms with Gasteiger partial charge in [-0.05, 0) is 25.0 Å². The van der Waals surface area contributed by atoms with E-state index in [0.717, 1.165) is 17.0 Å². The number of aromatic nitrogens is 2. The minimum absolute atomic E-state index is 0.180. The number of thiazole rings is 1. The number of hydrogen-bond donors (Lipinski definition) is 1. The fraction of sp³-hybridized carbons (Fsp3) is 0.438. The SMILES string of the molecule is O=C(Nc1nc2c(s1)CN(S(=O)(=O)c1cccnc1)CC2)C1CCCO1. The number of carbonyl (C=O) groups is 1. The molecule has 0 spiro atoms. The number of hydrogen-bond acceptors (Lipinski definition) is 7. The molecular formula is C16H18N4O4S2. The van der Waals surface area contributed by atoms with E-state index < -0.39 is 16.1 Å². The number of ether oxygens (including phenoxy) is 1. The monoisotopic (exact) mass is 394 g/mol. The molecule has 0 aliphatic carbocycles. The Hall–Kier alpha value is -1.88. The Balaban J connectivity index is 1.49. The maximum absolute atomic E-state index is 12.7. The Morgan fingerprint density at radius 2 is 2.31 bits per heavy atom. The van der Waals surface area contributed by atoms with Crippen molar-refractivity contribution >= 4 is 32.4 Å². The molecule has 0 aromatic carbocycles. The van der Waals surface area contributed by atoms with Gasteiger partial charge in [-0.1, -0.05) is 0 Å². The fourth-order valence-electron chi connectivity index (χ4n) is 3.05. The maximum atomic E-state index is 12.7. The molecule has 4 heterocycles. The number of nitrogens with one attached hydrogen (secondary N) is 1. The van der Waals surface area contributed by atoms with Crippen LogP contribution in [0.5, 0.6) is 0 Å². The van der Waals surface area contributed by atoms with E-state index in [1.54, 1.807) is 12.3 Å². The number of pyridine rings is 1. The minimum Gasteiger partial charge on any atom is -0.368 e. The van der Waals surface area contributed by atoms with Gasteiger partial charge in [-0.3, -0.25) is 15.1 Å². The van der Waals surface area contributed by atoms with Crippen LogP contribution in [0.15, 0.2) is 29.4 Å². The molecule has 1 atom stereocenters.